The first kappa shape index (κ1) is 16.0. The molecule has 6 heteroatoms. The van der Waals surface area contributed by atoms with Gasteiger partial charge in [-0.3, -0.25) is 4.79 Å². The van der Waals surface area contributed by atoms with E-state index >= 15 is 0 Å². The molecule has 0 saturated carbocycles. The van der Waals surface area contributed by atoms with Gasteiger partial charge < -0.3 is 21.9 Å². The van der Waals surface area contributed by atoms with E-state index in [1.165, 1.54) is 11.8 Å². The highest BCUT2D eigenvalue weighted by molar-refractivity contribution is 8.00. The van der Waals surface area contributed by atoms with Crippen LogP contribution in [-0.4, -0.2) is 36.6 Å². The SMILES string of the molecule is CCOC(=[NH2+])CSCC(=O)OCC.[Cl-]. The van der Waals surface area contributed by atoms with Gasteiger partial charge in [0.25, 0.3) is 0 Å². The van der Waals surface area contributed by atoms with Gasteiger partial charge in [0.1, 0.15) is 5.75 Å². The first-order valence-corrected chi connectivity index (χ1v) is 5.33. The maximum atomic E-state index is 10.8. The van der Waals surface area contributed by atoms with Crippen molar-refractivity contribution in [2.24, 2.45) is 0 Å². The molecule has 0 fully saturated rings. The van der Waals surface area contributed by atoms with Crippen LogP contribution in [0.1, 0.15) is 13.8 Å². The van der Waals surface area contributed by atoms with E-state index in [0.29, 0.717) is 30.6 Å². The lowest BCUT2D eigenvalue weighted by molar-refractivity contribution is -0.140. The van der Waals surface area contributed by atoms with Gasteiger partial charge in [0.2, 0.25) is 0 Å². The van der Waals surface area contributed by atoms with Gasteiger partial charge >= 0.3 is 11.9 Å². The fraction of sp³-hybridized carbons (Fsp3) is 0.750. The molecule has 0 aliphatic heterocycles. The van der Waals surface area contributed by atoms with E-state index in [-0.39, 0.29) is 18.4 Å². The standard InChI is InChI=1S/C8H15NO3S.ClH/c1-3-11-7(9)5-13-6-8(10)12-4-2;/h9H,3-6H2,1-2H3;1H. The van der Waals surface area contributed by atoms with Crippen molar-refractivity contribution < 1.29 is 32.1 Å². The maximum Gasteiger partial charge on any atom is 0.343 e. The molecule has 0 aromatic rings. The number of thioether (sulfide) groups is 1. The molecule has 4 nitrogen and oxygen atoms in total. The van der Waals surface area contributed by atoms with Crippen LogP contribution in [0.3, 0.4) is 0 Å². The Morgan fingerprint density at radius 3 is 2.29 bits per heavy atom. The molecule has 0 rings (SSSR count). The van der Waals surface area contributed by atoms with E-state index in [2.05, 4.69) is 0 Å². The second-order valence-corrected chi connectivity index (χ2v) is 3.18. The first-order chi connectivity index (χ1) is 6.20. The number of halogens is 1. The number of esters is 1. The molecule has 0 aromatic carbocycles. The summed E-state index contributed by atoms with van der Waals surface area (Å²) < 4.78 is 9.74. The molecular weight excluding hydrogens is 226 g/mol. The fourth-order valence-corrected chi connectivity index (χ4v) is 1.30. The predicted octanol–water partition coefficient (Wildman–Crippen LogP) is -3.52. The molecule has 14 heavy (non-hydrogen) atoms. The average molecular weight is 242 g/mol. The van der Waals surface area contributed by atoms with Crippen LogP contribution in [0.5, 0.6) is 0 Å². The summed E-state index contributed by atoms with van der Waals surface area (Å²) in [4.78, 5) is 10.8. The average Bonchev–Trinajstić information content (AvgIpc) is 2.05. The highest BCUT2D eigenvalue weighted by atomic mass is 35.5. The zero-order valence-corrected chi connectivity index (χ0v) is 9.99. The molecule has 0 aliphatic rings. The summed E-state index contributed by atoms with van der Waals surface area (Å²) in [6, 6.07) is 0. The lowest BCUT2D eigenvalue weighted by Gasteiger charge is -2.00. The summed E-state index contributed by atoms with van der Waals surface area (Å²) in [5.41, 5.74) is 0. The van der Waals surface area contributed by atoms with Crippen LogP contribution < -0.4 is 17.8 Å². The minimum absolute atomic E-state index is 0. The molecule has 0 aromatic heterocycles. The molecule has 0 heterocycles. The normalized spacial score (nSPS) is 8.71. The highest BCUT2D eigenvalue weighted by Crippen LogP contribution is 2.00. The van der Waals surface area contributed by atoms with E-state index in [1.807, 2.05) is 6.92 Å². The summed E-state index contributed by atoms with van der Waals surface area (Å²) in [6.45, 7) is 4.63. The lowest BCUT2D eigenvalue weighted by Crippen LogP contribution is -3.00. The second kappa shape index (κ2) is 10.7. The zero-order valence-electron chi connectivity index (χ0n) is 8.42. The monoisotopic (exact) mass is 241 g/mol. The topological polar surface area (TPSA) is 61.1 Å². The van der Waals surface area contributed by atoms with E-state index in [0.717, 1.165) is 0 Å². The number of hydrogen-bond donors (Lipinski definition) is 1. The molecule has 0 unspecified atom stereocenters. The molecule has 2 N–H and O–H groups in total. The van der Waals surface area contributed by atoms with E-state index in [9.17, 15) is 4.79 Å². The van der Waals surface area contributed by atoms with Crippen molar-refractivity contribution in [2.75, 3.05) is 24.7 Å². The van der Waals surface area contributed by atoms with Crippen molar-refractivity contribution in [3.05, 3.63) is 0 Å². The number of ether oxygens (including phenoxy) is 2. The number of carbonyl (C=O) groups is 1. The molecule has 0 radical (unpaired) electrons. The smallest absolute Gasteiger partial charge is 0.343 e. The Morgan fingerprint density at radius 2 is 1.79 bits per heavy atom. The van der Waals surface area contributed by atoms with Crippen LogP contribution in [-0.2, 0) is 14.3 Å². The van der Waals surface area contributed by atoms with Gasteiger partial charge in [-0.25, -0.2) is 5.41 Å². The fourth-order valence-electron chi connectivity index (χ4n) is 0.665. The van der Waals surface area contributed by atoms with Crippen LogP contribution in [0.25, 0.3) is 0 Å². The molecule has 0 aliphatic carbocycles. The van der Waals surface area contributed by atoms with Crippen LogP contribution in [0.2, 0.25) is 0 Å². The second-order valence-electron chi connectivity index (χ2n) is 2.20. The number of carbonyl (C=O) groups excluding carboxylic acids is 1. The third-order valence-corrected chi connectivity index (χ3v) is 2.03. The molecule has 0 spiro atoms. The maximum absolute atomic E-state index is 10.8. The summed E-state index contributed by atoms with van der Waals surface area (Å²) >= 11 is 1.39. The zero-order chi connectivity index (χ0) is 10.1. The van der Waals surface area contributed by atoms with Crippen molar-refractivity contribution >= 4 is 23.6 Å². The number of rotatable bonds is 6. The Balaban J connectivity index is 0. The van der Waals surface area contributed by atoms with Crippen molar-refractivity contribution in [3.63, 3.8) is 0 Å². The number of hydrogen-bond acceptors (Lipinski definition) is 4. The predicted molar refractivity (Wildman–Crippen MR) is 52.5 cm³/mol. The van der Waals surface area contributed by atoms with Crippen molar-refractivity contribution in [1.29, 1.82) is 0 Å². The largest absolute Gasteiger partial charge is 1.00 e. The van der Waals surface area contributed by atoms with Gasteiger partial charge in [-0.2, -0.15) is 0 Å². The third-order valence-electron chi connectivity index (χ3n) is 1.10. The first-order valence-electron chi connectivity index (χ1n) is 4.18. The Hall–Kier alpha value is -0.420. The number of nitrogens with two attached hydrogens (primary N) is 1. The molecule has 0 amide bonds. The van der Waals surface area contributed by atoms with Crippen LogP contribution in [0, 0.1) is 0 Å². The minimum Gasteiger partial charge on any atom is -1.00 e. The summed E-state index contributed by atoms with van der Waals surface area (Å²) in [7, 11) is 0. The van der Waals surface area contributed by atoms with Gasteiger partial charge in [-0.1, -0.05) is 0 Å². The summed E-state index contributed by atoms with van der Waals surface area (Å²) in [6.07, 6.45) is 0. The third kappa shape index (κ3) is 9.67. The van der Waals surface area contributed by atoms with Crippen molar-refractivity contribution in [3.8, 4) is 0 Å². The van der Waals surface area contributed by atoms with Crippen LogP contribution >= 0.6 is 11.8 Å². The van der Waals surface area contributed by atoms with E-state index in [4.69, 9.17) is 14.9 Å². The molecular formula is C8H16ClNO3S. The van der Waals surface area contributed by atoms with Gasteiger partial charge in [0, 0.05) is 0 Å². The van der Waals surface area contributed by atoms with E-state index < -0.39 is 0 Å². The Labute approximate surface area is 94.6 Å². The van der Waals surface area contributed by atoms with Gasteiger partial charge in [-0.15, -0.1) is 11.8 Å². The van der Waals surface area contributed by atoms with Gasteiger partial charge in [0.05, 0.1) is 19.0 Å². The molecule has 0 saturated heterocycles. The van der Waals surface area contributed by atoms with Crippen LogP contribution in [0.4, 0.5) is 0 Å². The van der Waals surface area contributed by atoms with Gasteiger partial charge in [0.15, 0.2) is 0 Å². The van der Waals surface area contributed by atoms with Gasteiger partial charge in [-0.05, 0) is 13.8 Å². The molecule has 0 bridgehead atoms. The van der Waals surface area contributed by atoms with Crippen molar-refractivity contribution in [1.82, 2.24) is 0 Å². The highest BCUT2D eigenvalue weighted by Gasteiger charge is 2.06. The lowest BCUT2D eigenvalue weighted by atomic mass is 10.7. The summed E-state index contributed by atoms with van der Waals surface area (Å²) in [5, 5.41) is 5.47. The molecule has 0 atom stereocenters. The van der Waals surface area contributed by atoms with Crippen molar-refractivity contribution in [2.45, 2.75) is 13.8 Å². The summed E-state index contributed by atoms with van der Waals surface area (Å²) in [5.74, 6) is 1.10. The Kier molecular flexibility index (Phi) is 12.2. The molecule has 84 valence electrons. The quantitative estimate of drug-likeness (QED) is 0.298. The Bertz CT molecular complexity index is 160. The Morgan fingerprint density at radius 1 is 1.21 bits per heavy atom. The van der Waals surface area contributed by atoms with Crippen LogP contribution in [0.15, 0.2) is 0 Å². The minimum atomic E-state index is -0.211. The van der Waals surface area contributed by atoms with E-state index in [1.54, 1.807) is 6.92 Å².